The van der Waals surface area contributed by atoms with Crippen molar-refractivity contribution in [2.45, 2.75) is 19.4 Å². The normalized spacial score (nSPS) is 14.8. The molecule has 1 nitrogen and oxygen atoms in total. The minimum Gasteiger partial charge on any atom is -0.392 e. The van der Waals surface area contributed by atoms with Crippen molar-refractivity contribution in [3.63, 3.8) is 0 Å². The first-order chi connectivity index (χ1) is 6.38. The standard InChI is InChI=1S/C12H12O/c13-9-12-7-5-11(6-8-12)4-3-10-1-2-10/h5-8,10,13H,1-2,9H2. The average Bonchev–Trinajstić information content (AvgIpc) is 2.99. The molecule has 2 rings (SSSR count). The fourth-order valence-electron chi connectivity index (χ4n) is 1.11. The highest BCUT2D eigenvalue weighted by Crippen LogP contribution is 2.27. The van der Waals surface area contributed by atoms with E-state index < -0.39 is 0 Å². The second kappa shape index (κ2) is 3.64. The molecule has 1 saturated carbocycles. The van der Waals surface area contributed by atoms with E-state index in [0.29, 0.717) is 5.92 Å². The van der Waals surface area contributed by atoms with E-state index in [2.05, 4.69) is 11.8 Å². The largest absolute Gasteiger partial charge is 0.392 e. The van der Waals surface area contributed by atoms with Crippen LogP contribution in [-0.2, 0) is 6.61 Å². The van der Waals surface area contributed by atoms with Gasteiger partial charge in [0.1, 0.15) is 0 Å². The summed E-state index contributed by atoms with van der Waals surface area (Å²) in [6.07, 6.45) is 2.53. The van der Waals surface area contributed by atoms with Crippen LogP contribution in [0.15, 0.2) is 24.3 Å². The summed E-state index contributed by atoms with van der Waals surface area (Å²) < 4.78 is 0. The Bertz CT molecular complexity index is 336. The minimum atomic E-state index is 0.107. The molecular weight excluding hydrogens is 160 g/mol. The van der Waals surface area contributed by atoms with Gasteiger partial charge in [-0.1, -0.05) is 24.0 Å². The van der Waals surface area contributed by atoms with Gasteiger partial charge in [0, 0.05) is 11.5 Å². The minimum absolute atomic E-state index is 0.107. The first-order valence-electron chi connectivity index (χ1n) is 4.60. The molecule has 0 amide bonds. The van der Waals surface area contributed by atoms with Gasteiger partial charge < -0.3 is 5.11 Å². The van der Waals surface area contributed by atoms with Crippen LogP contribution in [0.2, 0.25) is 0 Å². The van der Waals surface area contributed by atoms with Crippen LogP contribution in [0.3, 0.4) is 0 Å². The second-order valence-corrected chi connectivity index (χ2v) is 3.40. The number of benzene rings is 1. The van der Waals surface area contributed by atoms with E-state index in [-0.39, 0.29) is 6.61 Å². The number of aliphatic hydroxyl groups is 1. The Morgan fingerprint density at radius 1 is 1.23 bits per heavy atom. The zero-order chi connectivity index (χ0) is 9.10. The lowest BCUT2D eigenvalue weighted by Gasteiger charge is -1.94. The highest BCUT2D eigenvalue weighted by molar-refractivity contribution is 5.36. The third-order valence-electron chi connectivity index (χ3n) is 2.13. The van der Waals surface area contributed by atoms with E-state index in [9.17, 15) is 0 Å². The molecule has 0 aromatic heterocycles. The maximum absolute atomic E-state index is 8.82. The molecule has 1 aliphatic carbocycles. The maximum Gasteiger partial charge on any atom is 0.0681 e. The van der Waals surface area contributed by atoms with Gasteiger partial charge in [-0.15, -0.1) is 0 Å². The first-order valence-corrected chi connectivity index (χ1v) is 4.60. The third kappa shape index (κ3) is 2.34. The lowest BCUT2D eigenvalue weighted by atomic mass is 10.1. The molecule has 0 saturated heterocycles. The van der Waals surface area contributed by atoms with Gasteiger partial charge in [-0.2, -0.15) is 0 Å². The Labute approximate surface area is 78.4 Å². The van der Waals surface area contributed by atoms with Gasteiger partial charge >= 0.3 is 0 Å². The Morgan fingerprint density at radius 2 is 1.92 bits per heavy atom. The van der Waals surface area contributed by atoms with Crippen LogP contribution in [0.4, 0.5) is 0 Å². The van der Waals surface area contributed by atoms with Gasteiger partial charge in [0.05, 0.1) is 6.61 Å². The van der Waals surface area contributed by atoms with Crippen LogP contribution in [0.1, 0.15) is 24.0 Å². The molecule has 0 spiro atoms. The molecular formula is C12H12O. The van der Waals surface area contributed by atoms with Crippen molar-refractivity contribution in [1.82, 2.24) is 0 Å². The van der Waals surface area contributed by atoms with E-state index in [4.69, 9.17) is 5.11 Å². The van der Waals surface area contributed by atoms with E-state index in [1.807, 2.05) is 24.3 Å². The maximum atomic E-state index is 8.82. The molecule has 0 heterocycles. The fourth-order valence-corrected chi connectivity index (χ4v) is 1.11. The summed E-state index contributed by atoms with van der Waals surface area (Å²) in [4.78, 5) is 0. The van der Waals surface area contributed by atoms with Crippen LogP contribution >= 0.6 is 0 Å². The van der Waals surface area contributed by atoms with Gasteiger partial charge in [0.25, 0.3) is 0 Å². The molecule has 0 atom stereocenters. The van der Waals surface area contributed by atoms with E-state index in [1.54, 1.807) is 0 Å². The number of rotatable bonds is 1. The fraction of sp³-hybridized carbons (Fsp3) is 0.333. The molecule has 13 heavy (non-hydrogen) atoms. The number of hydrogen-bond donors (Lipinski definition) is 1. The lowest BCUT2D eigenvalue weighted by molar-refractivity contribution is 0.282. The molecule has 0 bridgehead atoms. The lowest BCUT2D eigenvalue weighted by Crippen LogP contribution is -1.82. The Hall–Kier alpha value is -1.26. The van der Waals surface area contributed by atoms with Gasteiger partial charge in [0.2, 0.25) is 0 Å². The Morgan fingerprint density at radius 3 is 2.46 bits per heavy atom. The summed E-state index contributed by atoms with van der Waals surface area (Å²) in [5.74, 6) is 6.97. The molecule has 1 N–H and O–H groups in total. The highest BCUT2D eigenvalue weighted by Gasteiger charge is 2.17. The molecule has 1 aromatic carbocycles. The summed E-state index contributed by atoms with van der Waals surface area (Å²) in [7, 11) is 0. The monoisotopic (exact) mass is 172 g/mol. The average molecular weight is 172 g/mol. The summed E-state index contributed by atoms with van der Waals surface area (Å²) in [6.45, 7) is 0.107. The Kier molecular flexibility index (Phi) is 2.33. The zero-order valence-corrected chi connectivity index (χ0v) is 7.46. The van der Waals surface area contributed by atoms with Crippen LogP contribution in [0, 0.1) is 17.8 Å². The molecule has 66 valence electrons. The van der Waals surface area contributed by atoms with Crippen LogP contribution in [0.5, 0.6) is 0 Å². The topological polar surface area (TPSA) is 20.2 Å². The van der Waals surface area contributed by atoms with Crippen molar-refractivity contribution in [2.75, 3.05) is 0 Å². The second-order valence-electron chi connectivity index (χ2n) is 3.40. The summed E-state index contributed by atoms with van der Waals surface area (Å²) >= 11 is 0. The van der Waals surface area contributed by atoms with Gasteiger partial charge in [-0.25, -0.2) is 0 Å². The van der Waals surface area contributed by atoms with E-state index in [1.165, 1.54) is 12.8 Å². The predicted octanol–water partition coefficient (Wildman–Crippen LogP) is 1.94. The summed E-state index contributed by atoms with van der Waals surface area (Å²) in [5, 5.41) is 8.82. The van der Waals surface area contributed by atoms with Gasteiger partial charge in [0.15, 0.2) is 0 Å². The molecule has 1 heteroatoms. The van der Waals surface area contributed by atoms with Crippen molar-refractivity contribution in [3.05, 3.63) is 35.4 Å². The van der Waals surface area contributed by atoms with Crippen LogP contribution in [0.25, 0.3) is 0 Å². The summed E-state index contributed by atoms with van der Waals surface area (Å²) in [6, 6.07) is 7.75. The van der Waals surface area contributed by atoms with Crippen molar-refractivity contribution in [2.24, 2.45) is 5.92 Å². The van der Waals surface area contributed by atoms with Crippen molar-refractivity contribution < 1.29 is 5.11 Å². The number of hydrogen-bond acceptors (Lipinski definition) is 1. The molecule has 1 fully saturated rings. The predicted molar refractivity (Wildman–Crippen MR) is 52.0 cm³/mol. The van der Waals surface area contributed by atoms with E-state index >= 15 is 0 Å². The molecule has 1 aliphatic rings. The smallest absolute Gasteiger partial charge is 0.0681 e. The van der Waals surface area contributed by atoms with Crippen LogP contribution < -0.4 is 0 Å². The van der Waals surface area contributed by atoms with Crippen molar-refractivity contribution in [1.29, 1.82) is 0 Å². The Balaban J connectivity index is 2.09. The van der Waals surface area contributed by atoms with Crippen molar-refractivity contribution >= 4 is 0 Å². The number of aliphatic hydroxyl groups excluding tert-OH is 1. The summed E-state index contributed by atoms with van der Waals surface area (Å²) in [5.41, 5.74) is 1.99. The SMILES string of the molecule is OCc1ccc(C#CC2CC2)cc1. The van der Waals surface area contributed by atoms with Gasteiger partial charge in [-0.3, -0.25) is 0 Å². The highest BCUT2D eigenvalue weighted by atomic mass is 16.3. The van der Waals surface area contributed by atoms with Crippen LogP contribution in [-0.4, -0.2) is 5.11 Å². The molecule has 0 unspecified atom stereocenters. The molecule has 1 aromatic rings. The first kappa shape index (κ1) is 8.34. The van der Waals surface area contributed by atoms with E-state index in [0.717, 1.165) is 11.1 Å². The molecule has 0 aliphatic heterocycles. The van der Waals surface area contributed by atoms with Gasteiger partial charge in [-0.05, 0) is 30.5 Å². The zero-order valence-electron chi connectivity index (χ0n) is 7.46. The quantitative estimate of drug-likeness (QED) is 0.642. The van der Waals surface area contributed by atoms with Crippen molar-refractivity contribution in [3.8, 4) is 11.8 Å². The molecule has 0 radical (unpaired) electrons. The third-order valence-corrected chi connectivity index (χ3v) is 2.13.